The molecule has 2 aromatic rings. The maximum atomic E-state index is 12.9. The van der Waals surface area contributed by atoms with Crippen LogP contribution >= 0.6 is 0 Å². The van der Waals surface area contributed by atoms with Gasteiger partial charge < -0.3 is 15.4 Å². The van der Waals surface area contributed by atoms with Gasteiger partial charge in [-0.15, -0.1) is 0 Å². The van der Waals surface area contributed by atoms with Crippen LogP contribution in [0.1, 0.15) is 18.5 Å². The molecule has 0 aliphatic carbocycles. The summed E-state index contributed by atoms with van der Waals surface area (Å²) in [7, 11) is 3.35. The fourth-order valence-corrected chi connectivity index (χ4v) is 3.29. The zero-order valence-corrected chi connectivity index (χ0v) is 14.8. The van der Waals surface area contributed by atoms with Gasteiger partial charge in [-0.05, 0) is 45.0 Å². The zero-order valence-electron chi connectivity index (χ0n) is 14.8. The number of carbonyl (C=O) groups is 1. The van der Waals surface area contributed by atoms with Crippen LogP contribution in [0, 0.1) is 6.92 Å². The van der Waals surface area contributed by atoms with Gasteiger partial charge in [-0.25, -0.2) is 4.68 Å². The van der Waals surface area contributed by atoms with Gasteiger partial charge in [0.15, 0.2) is 0 Å². The second kappa shape index (κ2) is 6.85. The number of rotatable bonds is 4. The standard InChI is InChI=1S/C18H24N4O3/c1-13-15(20-17(24)18(25-3)9-11-19-12-10-18)16(23)22(21(13)2)14-7-5-4-6-8-14/h4-8,19H,9-12H2,1-3H3,(H,20,24). The summed E-state index contributed by atoms with van der Waals surface area (Å²) < 4.78 is 8.84. The third kappa shape index (κ3) is 3.01. The van der Waals surface area contributed by atoms with E-state index in [1.54, 1.807) is 23.5 Å². The lowest BCUT2D eigenvalue weighted by molar-refractivity contribution is -0.140. The van der Waals surface area contributed by atoms with Crippen LogP contribution < -0.4 is 16.2 Å². The summed E-state index contributed by atoms with van der Waals surface area (Å²) in [4.78, 5) is 25.8. The fourth-order valence-electron chi connectivity index (χ4n) is 3.29. The van der Waals surface area contributed by atoms with Crippen molar-refractivity contribution in [2.45, 2.75) is 25.4 Å². The Morgan fingerprint density at radius 1 is 1.24 bits per heavy atom. The molecule has 0 atom stereocenters. The van der Waals surface area contributed by atoms with Crippen molar-refractivity contribution in [3.8, 4) is 5.69 Å². The van der Waals surface area contributed by atoms with Gasteiger partial charge >= 0.3 is 0 Å². The normalized spacial score (nSPS) is 16.6. The average molecular weight is 344 g/mol. The van der Waals surface area contributed by atoms with Gasteiger partial charge in [-0.3, -0.25) is 14.3 Å². The molecule has 1 aliphatic rings. The fraction of sp³-hybridized carbons (Fsp3) is 0.444. The Bertz CT molecular complexity index is 817. The van der Waals surface area contributed by atoms with Crippen molar-refractivity contribution in [3.63, 3.8) is 0 Å². The quantitative estimate of drug-likeness (QED) is 0.873. The molecule has 3 rings (SSSR count). The molecule has 0 saturated carbocycles. The minimum atomic E-state index is -0.891. The summed E-state index contributed by atoms with van der Waals surface area (Å²) >= 11 is 0. The number of methoxy groups -OCH3 is 1. The molecule has 1 amide bonds. The molecule has 7 nitrogen and oxygen atoms in total. The molecule has 1 fully saturated rings. The lowest BCUT2D eigenvalue weighted by atomic mass is 9.91. The molecule has 0 unspecified atom stereocenters. The number of ether oxygens (including phenoxy) is 1. The molecule has 1 aromatic carbocycles. The number of anilines is 1. The van der Waals surface area contributed by atoms with Crippen LogP contribution in [0.3, 0.4) is 0 Å². The molecule has 25 heavy (non-hydrogen) atoms. The van der Waals surface area contributed by atoms with E-state index in [1.807, 2.05) is 37.3 Å². The van der Waals surface area contributed by atoms with E-state index in [0.717, 1.165) is 5.69 Å². The first-order valence-corrected chi connectivity index (χ1v) is 8.41. The zero-order chi connectivity index (χ0) is 18.0. The van der Waals surface area contributed by atoms with E-state index in [4.69, 9.17) is 4.74 Å². The molecule has 1 saturated heterocycles. The summed E-state index contributed by atoms with van der Waals surface area (Å²) in [6.07, 6.45) is 1.15. The first kappa shape index (κ1) is 17.4. The van der Waals surface area contributed by atoms with E-state index < -0.39 is 5.60 Å². The predicted molar refractivity (Wildman–Crippen MR) is 96.2 cm³/mol. The van der Waals surface area contributed by atoms with Crippen LogP contribution in [0.4, 0.5) is 5.69 Å². The van der Waals surface area contributed by atoms with E-state index >= 15 is 0 Å². The van der Waals surface area contributed by atoms with E-state index in [-0.39, 0.29) is 11.5 Å². The highest BCUT2D eigenvalue weighted by Crippen LogP contribution is 2.25. The number of amides is 1. The van der Waals surface area contributed by atoms with Crippen LogP contribution in [-0.4, -0.2) is 41.1 Å². The Labute approximate surface area is 146 Å². The maximum absolute atomic E-state index is 12.9. The molecule has 0 radical (unpaired) electrons. The summed E-state index contributed by atoms with van der Waals surface area (Å²) in [5, 5.41) is 6.05. The number of aromatic nitrogens is 2. The molecular formula is C18H24N4O3. The Kier molecular flexibility index (Phi) is 4.78. The predicted octanol–water partition coefficient (Wildman–Crippen LogP) is 1.19. The van der Waals surface area contributed by atoms with Crippen LogP contribution in [0.2, 0.25) is 0 Å². The van der Waals surface area contributed by atoms with Crippen molar-refractivity contribution in [2.24, 2.45) is 7.05 Å². The first-order chi connectivity index (χ1) is 12.0. The summed E-state index contributed by atoms with van der Waals surface area (Å²) in [5.74, 6) is -0.262. The molecular weight excluding hydrogens is 320 g/mol. The van der Waals surface area contributed by atoms with Gasteiger partial charge in [0, 0.05) is 14.2 Å². The van der Waals surface area contributed by atoms with Gasteiger partial charge in [0.2, 0.25) is 0 Å². The second-order valence-electron chi connectivity index (χ2n) is 6.34. The van der Waals surface area contributed by atoms with Crippen molar-refractivity contribution >= 4 is 11.6 Å². The molecule has 2 heterocycles. The summed E-state index contributed by atoms with van der Waals surface area (Å²) in [6.45, 7) is 3.24. The lowest BCUT2D eigenvalue weighted by Gasteiger charge is -2.34. The third-order valence-electron chi connectivity index (χ3n) is 5.01. The number of piperidine rings is 1. The van der Waals surface area contributed by atoms with Crippen molar-refractivity contribution in [3.05, 3.63) is 46.4 Å². The Morgan fingerprint density at radius 3 is 2.48 bits per heavy atom. The number of nitrogens with one attached hydrogen (secondary N) is 2. The lowest BCUT2D eigenvalue weighted by Crippen LogP contribution is -2.52. The number of para-hydroxylation sites is 1. The number of nitrogens with zero attached hydrogens (tertiary/aromatic N) is 2. The van der Waals surface area contributed by atoms with Gasteiger partial charge in [-0.2, -0.15) is 0 Å². The van der Waals surface area contributed by atoms with Crippen molar-refractivity contribution in [1.29, 1.82) is 0 Å². The minimum Gasteiger partial charge on any atom is -0.368 e. The minimum absolute atomic E-state index is 0.250. The van der Waals surface area contributed by atoms with Crippen LogP contribution in [0.15, 0.2) is 35.1 Å². The first-order valence-electron chi connectivity index (χ1n) is 8.41. The summed E-state index contributed by atoms with van der Waals surface area (Å²) in [6, 6.07) is 9.35. The molecule has 7 heteroatoms. The van der Waals surface area contributed by atoms with Gasteiger partial charge in [0.1, 0.15) is 11.3 Å². The van der Waals surface area contributed by atoms with E-state index in [9.17, 15) is 9.59 Å². The smallest absolute Gasteiger partial charge is 0.295 e. The largest absolute Gasteiger partial charge is 0.368 e. The van der Waals surface area contributed by atoms with Gasteiger partial charge in [0.25, 0.3) is 11.5 Å². The molecule has 1 aromatic heterocycles. The Balaban J connectivity index is 1.96. The highest BCUT2D eigenvalue weighted by atomic mass is 16.5. The van der Waals surface area contributed by atoms with Crippen LogP contribution in [0.5, 0.6) is 0 Å². The number of benzene rings is 1. The molecule has 134 valence electrons. The van der Waals surface area contributed by atoms with Crippen LogP contribution in [-0.2, 0) is 16.6 Å². The number of carbonyl (C=O) groups excluding carboxylic acids is 1. The van der Waals surface area contributed by atoms with Gasteiger partial charge in [-0.1, -0.05) is 18.2 Å². The Hall–Kier alpha value is -2.38. The van der Waals surface area contributed by atoms with Crippen molar-refractivity contribution < 1.29 is 9.53 Å². The molecule has 1 aliphatic heterocycles. The Morgan fingerprint density at radius 2 is 1.88 bits per heavy atom. The van der Waals surface area contributed by atoms with E-state index in [0.29, 0.717) is 37.3 Å². The van der Waals surface area contributed by atoms with E-state index in [1.165, 1.54) is 0 Å². The molecule has 2 N–H and O–H groups in total. The highest BCUT2D eigenvalue weighted by molar-refractivity contribution is 5.97. The second-order valence-corrected chi connectivity index (χ2v) is 6.34. The van der Waals surface area contributed by atoms with Gasteiger partial charge in [0.05, 0.1) is 11.4 Å². The molecule has 0 bridgehead atoms. The van der Waals surface area contributed by atoms with Crippen molar-refractivity contribution in [2.75, 3.05) is 25.5 Å². The number of hydrogen-bond donors (Lipinski definition) is 2. The maximum Gasteiger partial charge on any atom is 0.295 e. The number of hydrogen-bond acceptors (Lipinski definition) is 4. The van der Waals surface area contributed by atoms with Crippen molar-refractivity contribution in [1.82, 2.24) is 14.7 Å². The monoisotopic (exact) mass is 344 g/mol. The van der Waals surface area contributed by atoms with E-state index in [2.05, 4.69) is 10.6 Å². The third-order valence-corrected chi connectivity index (χ3v) is 5.01. The average Bonchev–Trinajstić information content (AvgIpc) is 2.86. The molecule has 0 spiro atoms. The SMILES string of the molecule is COC1(C(=O)Nc2c(C)n(C)n(-c3ccccc3)c2=O)CCNCC1. The topological polar surface area (TPSA) is 77.3 Å². The summed E-state index contributed by atoms with van der Waals surface area (Å²) in [5.41, 5.74) is 0.604. The highest BCUT2D eigenvalue weighted by Gasteiger charge is 2.40. The van der Waals surface area contributed by atoms with Crippen LogP contribution in [0.25, 0.3) is 5.69 Å².